The number of ketones is 1. The van der Waals surface area contributed by atoms with Gasteiger partial charge in [0, 0.05) is 24.6 Å². The Morgan fingerprint density at radius 3 is 2.55 bits per heavy atom. The van der Waals surface area contributed by atoms with E-state index < -0.39 is 21.8 Å². The van der Waals surface area contributed by atoms with Crippen LogP contribution in [0.15, 0.2) is 35.2 Å². The predicted octanol–water partition coefficient (Wildman–Crippen LogP) is 4.31. The fraction of sp³-hybridized carbons (Fsp3) is 0.417. The molecule has 0 N–H and O–H groups in total. The Morgan fingerprint density at radius 1 is 1.12 bits per heavy atom. The number of hydrogen-bond donors (Lipinski definition) is 0. The zero-order valence-electron chi connectivity index (χ0n) is 18.8. The van der Waals surface area contributed by atoms with Crippen molar-refractivity contribution in [2.24, 2.45) is 0 Å². The summed E-state index contributed by atoms with van der Waals surface area (Å²) >= 11 is 0. The number of methoxy groups -OCH3 is 1. The van der Waals surface area contributed by atoms with E-state index in [1.165, 1.54) is 35.7 Å². The fourth-order valence-corrected chi connectivity index (χ4v) is 6.51. The molecule has 176 valence electrons. The lowest BCUT2D eigenvalue weighted by Crippen LogP contribution is -2.42. The van der Waals surface area contributed by atoms with E-state index in [0.717, 1.165) is 25.3 Å². The molecule has 2 aliphatic rings. The Bertz CT molecular complexity index is 1230. The Morgan fingerprint density at radius 2 is 1.85 bits per heavy atom. The first-order valence-electron chi connectivity index (χ1n) is 10.9. The molecule has 1 saturated heterocycles. The van der Waals surface area contributed by atoms with Gasteiger partial charge in [0.15, 0.2) is 5.78 Å². The van der Waals surface area contributed by atoms with Gasteiger partial charge in [-0.05, 0) is 56.0 Å². The highest BCUT2D eigenvalue weighted by atomic mass is 32.2. The summed E-state index contributed by atoms with van der Waals surface area (Å²) < 4.78 is 53.2. The van der Waals surface area contributed by atoms with Crippen LogP contribution in [0.1, 0.15) is 71.7 Å². The Kier molecular flexibility index (Phi) is 6.28. The summed E-state index contributed by atoms with van der Waals surface area (Å²) in [5.74, 6) is -1.88. The van der Waals surface area contributed by atoms with E-state index in [-0.39, 0.29) is 57.2 Å². The molecule has 33 heavy (non-hydrogen) atoms. The highest BCUT2D eigenvalue weighted by Crippen LogP contribution is 2.40. The number of piperidine rings is 1. The van der Waals surface area contributed by atoms with Crippen LogP contribution in [0.2, 0.25) is 0 Å². The van der Waals surface area contributed by atoms with Crippen molar-refractivity contribution in [3.63, 3.8) is 0 Å². The van der Waals surface area contributed by atoms with E-state index in [4.69, 9.17) is 9.47 Å². The lowest BCUT2D eigenvalue weighted by atomic mass is 10.0. The summed E-state index contributed by atoms with van der Waals surface area (Å²) in [5.41, 5.74) is 0.289. The molecule has 2 unspecified atom stereocenters. The molecule has 1 fully saturated rings. The van der Waals surface area contributed by atoms with Gasteiger partial charge in [-0.1, -0.05) is 13.3 Å². The van der Waals surface area contributed by atoms with E-state index in [0.29, 0.717) is 6.54 Å². The van der Waals surface area contributed by atoms with Gasteiger partial charge in [0.1, 0.15) is 22.2 Å². The summed E-state index contributed by atoms with van der Waals surface area (Å²) in [4.78, 5) is 25.2. The van der Waals surface area contributed by atoms with Gasteiger partial charge < -0.3 is 9.47 Å². The van der Waals surface area contributed by atoms with Gasteiger partial charge in [0.25, 0.3) is 0 Å². The third-order valence-corrected chi connectivity index (χ3v) is 8.38. The minimum absolute atomic E-state index is 0.0180. The smallest absolute Gasteiger partial charge is 0.343 e. The summed E-state index contributed by atoms with van der Waals surface area (Å²) in [6.45, 7) is 3.98. The molecule has 0 amide bonds. The lowest BCUT2D eigenvalue weighted by Gasteiger charge is -2.32. The van der Waals surface area contributed by atoms with Crippen LogP contribution in [0.5, 0.6) is 11.5 Å². The van der Waals surface area contributed by atoms with Crippen molar-refractivity contribution in [1.29, 1.82) is 0 Å². The van der Waals surface area contributed by atoms with E-state index >= 15 is 0 Å². The summed E-state index contributed by atoms with van der Waals surface area (Å²) in [6, 6.07) is 6.27. The van der Waals surface area contributed by atoms with Crippen LogP contribution in [0.25, 0.3) is 0 Å². The topological polar surface area (TPSA) is 90.0 Å². The number of ether oxygens (including phenoxy) is 2. The van der Waals surface area contributed by atoms with Crippen LogP contribution in [-0.4, -0.2) is 44.2 Å². The largest absolute Gasteiger partial charge is 0.495 e. The first-order valence-corrected chi connectivity index (χ1v) is 12.4. The van der Waals surface area contributed by atoms with Gasteiger partial charge in [-0.25, -0.2) is 17.6 Å². The standard InChI is InChI=1S/C24H26FNO6S/c1-14-12-18(27)23-20(10-8-17(25)22(14)23)32-24(28)16-7-9-19(31-3)21(13-16)33(29,30)26-11-5-4-6-15(26)2/h7-10,13-15H,4-6,11-12H2,1-3H3. The number of benzene rings is 2. The number of nitrogens with zero attached hydrogens (tertiary/aromatic N) is 1. The zero-order valence-corrected chi connectivity index (χ0v) is 19.6. The van der Waals surface area contributed by atoms with Gasteiger partial charge in [0.05, 0.1) is 18.2 Å². The molecule has 2 aromatic rings. The number of esters is 1. The normalized spacial score (nSPS) is 21.0. The van der Waals surface area contributed by atoms with Gasteiger partial charge in [-0.3, -0.25) is 4.79 Å². The molecular weight excluding hydrogens is 449 g/mol. The van der Waals surface area contributed by atoms with Crippen molar-refractivity contribution in [1.82, 2.24) is 4.31 Å². The van der Waals surface area contributed by atoms with Crippen molar-refractivity contribution < 1.29 is 31.9 Å². The molecular formula is C24H26FNO6S. The summed E-state index contributed by atoms with van der Waals surface area (Å²) in [6.07, 6.45) is 2.61. The van der Waals surface area contributed by atoms with Gasteiger partial charge in [-0.15, -0.1) is 0 Å². The van der Waals surface area contributed by atoms with Gasteiger partial charge in [0.2, 0.25) is 10.0 Å². The molecule has 9 heteroatoms. The molecule has 0 aromatic heterocycles. The highest BCUT2D eigenvalue weighted by Gasteiger charge is 2.35. The second-order valence-corrected chi connectivity index (χ2v) is 10.4. The average Bonchev–Trinajstić information content (AvgIpc) is 3.10. The molecule has 4 rings (SSSR count). The van der Waals surface area contributed by atoms with Gasteiger partial charge in [-0.2, -0.15) is 4.31 Å². The van der Waals surface area contributed by atoms with Crippen LogP contribution >= 0.6 is 0 Å². The lowest BCUT2D eigenvalue weighted by molar-refractivity contribution is 0.0732. The third kappa shape index (κ3) is 4.15. The SMILES string of the molecule is COc1ccc(C(=O)Oc2ccc(F)c3c2C(=O)CC3C)cc1S(=O)(=O)N1CCCCC1C. The molecule has 0 spiro atoms. The number of fused-ring (bicyclic) bond motifs is 1. The minimum atomic E-state index is -3.92. The van der Waals surface area contributed by atoms with E-state index in [1.807, 2.05) is 6.92 Å². The number of carbonyl (C=O) groups excluding carboxylic acids is 2. The van der Waals surface area contributed by atoms with E-state index in [2.05, 4.69) is 0 Å². The first-order chi connectivity index (χ1) is 15.6. The van der Waals surface area contributed by atoms with Crippen molar-refractivity contribution in [2.75, 3.05) is 13.7 Å². The number of hydrogen-bond acceptors (Lipinski definition) is 6. The Hall–Kier alpha value is -2.78. The third-order valence-electron chi connectivity index (χ3n) is 6.35. The Balaban J connectivity index is 1.69. The van der Waals surface area contributed by atoms with Crippen LogP contribution < -0.4 is 9.47 Å². The molecule has 1 aliphatic carbocycles. The van der Waals surface area contributed by atoms with Crippen LogP contribution in [-0.2, 0) is 10.0 Å². The fourth-order valence-electron chi connectivity index (χ4n) is 4.63. The number of carbonyl (C=O) groups is 2. The molecule has 2 atom stereocenters. The molecule has 7 nitrogen and oxygen atoms in total. The van der Waals surface area contributed by atoms with E-state index in [9.17, 15) is 22.4 Å². The maximum atomic E-state index is 14.3. The number of halogens is 1. The van der Waals surface area contributed by atoms with Crippen molar-refractivity contribution in [2.45, 2.75) is 56.4 Å². The number of Topliss-reactive ketones (excluding diaryl/α,β-unsaturated/α-hetero) is 1. The van der Waals surface area contributed by atoms with Crippen LogP contribution in [0.3, 0.4) is 0 Å². The number of rotatable bonds is 5. The quantitative estimate of drug-likeness (QED) is 0.473. The van der Waals surface area contributed by atoms with Crippen molar-refractivity contribution >= 4 is 21.8 Å². The first kappa shape index (κ1) is 23.4. The average molecular weight is 476 g/mol. The summed E-state index contributed by atoms with van der Waals surface area (Å²) in [7, 11) is -2.56. The maximum Gasteiger partial charge on any atom is 0.343 e. The second-order valence-electron chi connectivity index (χ2n) is 8.58. The molecule has 0 radical (unpaired) electrons. The highest BCUT2D eigenvalue weighted by molar-refractivity contribution is 7.89. The van der Waals surface area contributed by atoms with Crippen LogP contribution in [0.4, 0.5) is 4.39 Å². The zero-order chi connectivity index (χ0) is 23.9. The van der Waals surface area contributed by atoms with Crippen LogP contribution in [0, 0.1) is 5.82 Å². The maximum absolute atomic E-state index is 14.3. The molecule has 1 aliphatic heterocycles. The Labute approximate surface area is 192 Å². The molecule has 0 bridgehead atoms. The molecule has 0 saturated carbocycles. The monoisotopic (exact) mass is 475 g/mol. The minimum Gasteiger partial charge on any atom is -0.495 e. The van der Waals surface area contributed by atoms with Crippen molar-refractivity contribution in [3.05, 3.63) is 52.8 Å². The van der Waals surface area contributed by atoms with E-state index in [1.54, 1.807) is 6.92 Å². The van der Waals surface area contributed by atoms with Gasteiger partial charge >= 0.3 is 5.97 Å². The van der Waals surface area contributed by atoms with Crippen molar-refractivity contribution in [3.8, 4) is 11.5 Å². The predicted molar refractivity (Wildman–Crippen MR) is 119 cm³/mol. The number of sulfonamides is 1. The molecule has 2 aromatic carbocycles. The molecule has 1 heterocycles. The summed E-state index contributed by atoms with van der Waals surface area (Å²) in [5, 5.41) is 0. The second kappa shape index (κ2) is 8.87.